The number of rotatable bonds is 6. The predicted molar refractivity (Wildman–Crippen MR) is 74.7 cm³/mol. The van der Waals surface area contributed by atoms with Gasteiger partial charge in [0.25, 0.3) is 0 Å². The average molecular weight is 452 g/mol. The Balaban J connectivity index is 2.21. The van der Waals surface area contributed by atoms with E-state index in [-0.39, 0.29) is 0 Å². The van der Waals surface area contributed by atoms with E-state index in [2.05, 4.69) is 53.9 Å². The van der Waals surface area contributed by atoms with Crippen LogP contribution < -0.4 is 0 Å². The number of unbranched alkanes of at least 4 members (excludes halogenated alkanes) is 3. The topological polar surface area (TPSA) is 0 Å². The molecule has 0 aliphatic heterocycles. The normalized spacial score (nSPS) is 10.8. The van der Waals surface area contributed by atoms with Gasteiger partial charge in [-0.05, 0) is 0 Å². The summed E-state index contributed by atoms with van der Waals surface area (Å²) in [7, 11) is 0. The summed E-state index contributed by atoms with van der Waals surface area (Å²) in [5.41, 5.74) is 1.51. The van der Waals surface area contributed by atoms with Crippen LogP contribution in [0.3, 0.4) is 0 Å². The first-order valence-electron chi connectivity index (χ1n) is 4.73. The molecule has 0 amide bonds. The van der Waals surface area contributed by atoms with E-state index in [1.165, 1.54) is 44.4 Å². The van der Waals surface area contributed by atoms with E-state index in [0.29, 0.717) is 14.5 Å². The van der Waals surface area contributed by atoms with Crippen molar-refractivity contribution in [1.29, 1.82) is 0 Å². The zero-order valence-corrected chi connectivity index (χ0v) is 14.3. The van der Waals surface area contributed by atoms with E-state index in [0.717, 1.165) is 5.33 Å². The minimum absolute atomic E-state index is 0.519. The fraction of sp³-hybridized carbons (Fsp3) is 0.600. The quantitative estimate of drug-likeness (QED) is 0.332. The molecule has 14 heavy (non-hydrogen) atoms. The number of hydrogen-bond acceptors (Lipinski definition) is 0. The molecular formula is C10H13Br3Se. The monoisotopic (exact) mass is 450 g/mol. The van der Waals surface area contributed by atoms with Crippen LogP contribution in [0.25, 0.3) is 0 Å². The second-order valence-electron chi connectivity index (χ2n) is 3.20. The van der Waals surface area contributed by atoms with Crippen LogP contribution in [0.1, 0.15) is 31.2 Å². The molecule has 80 valence electrons. The van der Waals surface area contributed by atoms with Gasteiger partial charge in [-0.15, -0.1) is 0 Å². The average Bonchev–Trinajstić information content (AvgIpc) is 2.45. The molecule has 1 rings (SSSR count). The molecule has 0 radical (unpaired) electrons. The van der Waals surface area contributed by atoms with Crippen molar-refractivity contribution in [1.82, 2.24) is 0 Å². The first-order chi connectivity index (χ1) is 6.74. The summed E-state index contributed by atoms with van der Waals surface area (Å²) in [5, 5.41) is 1.15. The van der Waals surface area contributed by atoms with E-state index in [1.807, 2.05) is 0 Å². The molecule has 0 saturated heterocycles. The first-order valence-corrected chi connectivity index (χ1v) is 9.15. The zero-order chi connectivity index (χ0) is 10.4. The third-order valence-electron chi connectivity index (χ3n) is 2.06. The summed E-state index contributed by atoms with van der Waals surface area (Å²) in [4.78, 5) is 0. The second kappa shape index (κ2) is 7.67. The van der Waals surface area contributed by atoms with Crippen LogP contribution in [-0.2, 0) is 6.42 Å². The zero-order valence-electron chi connectivity index (χ0n) is 7.86. The summed E-state index contributed by atoms with van der Waals surface area (Å²) in [6.07, 6.45) is 6.58. The Labute approximate surface area is 117 Å². The fourth-order valence-corrected chi connectivity index (χ4v) is 6.56. The van der Waals surface area contributed by atoms with Crippen molar-refractivity contribution >= 4 is 62.3 Å². The molecule has 1 aromatic heterocycles. The molecule has 4 heteroatoms. The van der Waals surface area contributed by atoms with E-state index in [1.54, 1.807) is 0 Å². The maximum atomic E-state index is 3.65. The van der Waals surface area contributed by atoms with Crippen molar-refractivity contribution in [2.75, 3.05) is 5.33 Å². The van der Waals surface area contributed by atoms with E-state index in [9.17, 15) is 0 Å². The molecule has 0 spiro atoms. The van der Waals surface area contributed by atoms with Gasteiger partial charge in [0.2, 0.25) is 0 Å². The van der Waals surface area contributed by atoms with Crippen LogP contribution in [0, 0.1) is 0 Å². The van der Waals surface area contributed by atoms with E-state index in [4.69, 9.17) is 0 Å². The molecule has 1 heterocycles. The molecule has 0 aliphatic carbocycles. The summed E-state index contributed by atoms with van der Waals surface area (Å²) in [6, 6.07) is 2.29. The van der Waals surface area contributed by atoms with Crippen molar-refractivity contribution < 1.29 is 0 Å². The molecule has 0 N–H and O–H groups in total. The molecule has 0 bridgehead atoms. The number of halogens is 3. The molecule has 0 nitrogen and oxygen atoms in total. The summed E-state index contributed by atoms with van der Waals surface area (Å²) < 4.78 is 2.80. The van der Waals surface area contributed by atoms with Crippen LogP contribution in [0.15, 0.2) is 12.8 Å². The van der Waals surface area contributed by atoms with Gasteiger partial charge in [-0.3, -0.25) is 0 Å². The SMILES string of the molecule is BrCCCCCCc1cc(Br)[se]c1Br. The third kappa shape index (κ3) is 4.98. The van der Waals surface area contributed by atoms with Crippen molar-refractivity contribution in [3.05, 3.63) is 18.3 Å². The molecule has 0 atom stereocenters. The van der Waals surface area contributed by atoms with Crippen LogP contribution >= 0.6 is 47.8 Å². The summed E-state index contributed by atoms with van der Waals surface area (Å²) >= 11 is 11.2. The van der Waals surface area contributed by atoms with Gasteiger partial charge in [0.05, 0.1) is 0 Å². The van der Waals surface area contributed by atoms with Crippen LogP contribution in [0.2, 0.25) is 0 Å². The van der Waals surface area contributed by atoms with E-state index >= 15 is 0 Å². The molecular weight excluding hydrogens is 439 g/mol. The predicted octanol–water partition coefficient (Wildman–Crippen LogP) is 4.77. The Morgan fingerprint density at radius 1 is 1.07 bits per heavy atom. The van der Waals surface area contributed by atoms with Gasteiger partial charge in [-0.25, -0.2) is 0 Å². The Morgan fingerprint density at radius 2 is 1.79 bits per heavy atom. The Bertz CT molecular complexity index is 270. The van der Waals surface area contributed by atoms with Crippen molar-refractivity contribution in [3.63, 3.8) is 0 Å². The van der Waals surface area contributed by atoms with Gasteiger partial charge in [0.15, 0.2) is 0 Å². The van der Waals surface area contributed by atoms with Gasteiger partial charge in [-0.1, -0.05) is 0 Å². The fourth-order valence-electron chi connectivity index (χ4n) is 1.31. The van der Waals surface area contributed by atoms with Crippen LogP contribution in [0.4, 0.5) is 0 Å². The van der Waals surface area contributed by atoms with Crippen LogP contribution in [-0.4, -0.2) is 19.8 Å². The van der Waals surface area contributed by atoms with Gasteiger partial charge in [0.1, 0.15) is 0 Å². The number of alkyl halides is 1. The minimum atomic E-state index is 0.519. The van der Waals surface area contributed by atoms with Gasteiger partial charge in [-0.2, -0.15) is 0 Å². The molecule has 1 aromatic rings. The third-order valence-corrected chi connectivity index (χ3v) is 6.62. The standard InChI is InChI=1S/C10H13Br3Se/c11-6-4-2-1-3-5-8-7-9(12)14-10(8)13/h7H,1-6H2. The van der Waals surface area contributed by atoms with Gasteiger partial charge in [0, 0.05) is 0 Å². The molecule has 0 aromatic carbocycles. The Hall–Kier alpha value is 1.44. The van der Waals surface area contributed by atoms with Gasteiger partial charge >= 0.3 is 118 Å². The van der Waals surface area contributed by atoms with Crippen molar-refractivity contribution in [2.24, 2.45) is 0 Å². The molecule has 0 saturated carbocycles. The van der Waals surface area contributed by atoms with Crippen molar-refractivity contribution in [3.8, 4) is 0 Å². The van der Waals surface area contributed by atoms with E-state index < -0.39 is 0 Å². The number of aryl methyl sites for hydroxylation is 1. The Morgan fingerprint density at radius 3 is 2.36 bits per heavy atom. The summed E-state index contributed by atoms with van der Waals surface area (Å²) in [5.74, 6) is 0. The molecule has 0 fully saturated rings. The van der Waals surface area contributed by atoms with Crippen molar-refractivity contribution in [2.45, 2.75) is 32.1 Å². The summed E-state index contributed by atoms with van der Waals surface area (Å²) in [6.45, 7) is 0. The first kappa shape index (κ1) is 13.5. The molecule has 0 unspecified atom stereocenters. The molecule has 0 aliphatic rings. The van der Waals surface area contributed by atoms with Crippen LogP contribution in [0.5, 0.6) is 0 Å². The number of hydrogen-bond donors (Lipinski definition) is 0. The second-order valence-corrected chi connectivity index (χ2v) is 10.2. The van der Waals surface area contributed by atoms with Gasteiger partial charge < -0.3 is 0 Å². The maximum absolute atomic E-state index is 3.65. The Kier molecular flexibility index (Phi) is 7.40.